The zero-order chi connectivity index (χ0) is 23.2. The van der Waals surface area contributed by atoms with Gasteiger partial charge in [0.25, 0.3) is 0 Å². The third-order valence-electron chi connectivity index (χ3n) is 5.49. The number of hydrogen-bond acceptors (Lipinski definition) is 1. The van der Waals surface area contributed by atoms with E-state index in [-0.39, 0.29) is 0 Å². The smallest absolute Gasteiger partial charge is 0.174 e. The van der Waals surface area contributed by atoms with E-state index >= 15 is 0 Å². The van der Waals surface area contributed by atoms with E-state index in [0.29, 0.717) is 11.7 Å². The molecule has 3 aromatic carbocycles. The number of halogens is 1. The van der Waals surface area contributed by atoms with Gasteiger partial charge in [-0.15, -0.1) is 0 Å². The molecule has 0 amide bonds. The minimum Gasteiger partial charge on any atom is -0.345 e. The Labute approximate surface area is 206 Å². The number of nitrogens with zero attached hydrogens (tertiary/aromatic N) is 2. The highest BCUT2D eigenvalue weighted by Crippen LogP contribution is 2.19. The Morgan fingerprint density at radius 1 is 0.848 bits per heavy atom. The Kier molecular flexibility index (Phi) is 7.48. The van der Waals surface area contributed by atoms with Gasteiger partial charge in [-0.25, -0.2) is 0 Å². The first-order chi connectivity index (χ1) is 16.0. The number of nitrogens with one attached hydrogen (secondary N) is 1. The van der Waals surface area contributed by atoms with Crippen LogP contribution in [0.15, 0.2) is 91.1 Å². The van der Waals surface area contributed by atoms with Crippen molar-refractivity contribution in [2.45, 2.75) is 33.5 Å². The summed E-state index contributed by atoms with van der Waals surface area (Å²) in [5.74, 6) is 0. The first kappa shape index (κ1) is 23.1. The molecule has 0 spiro atoms. The Morgan fingerprint density at radius 3 is 2.30 bits per heavy atom. The van der Waals surface area contributed by atoms with Gasteiger partial charge in [0.15, 0.2) is 5.11 Å². The molecule has 5 heteroatoms. The molecule has 3 nitrogen and oxygen atoms in total. The molecule has 0 unspecified atom stereocenters. The maximum Gasteiger partial charge on any atom is 0.174 e. The molecule has 0 saturated carbocycles. The molecule has 4 rings (SSSR count). The molecule has 168 valence electrons. The number of thiocarbonyl (C=S) groups is 1. The Balaban J connectivity index is 1.56. The molecule has 1 N–H and O–H groups in total. The molecule has 1 aromatic heterocycles. The first-order valence-corrected chi connectivity index (χ1v) is 11.8. The van der Waals surface area contributed by atoms with Gasteiger partial charge >= 0.3 is 0 Å². The minimum atomic E-state index is 0.694. The molecule has 1 heterocycles. The van der Waals surface area contributed by atoms with E-state index in [9.17, 15) is 0 Å². The van der Waals surface area contributed by atoms with Gasteiger partial charge in [0.2, 0.25) is 0 Å². The van der Waals surface area contributed by atoms with Crippen molar-refractivity contribution in [3.8, 4) is 0 Å². The maximum atomic E-state index is 6.20. The predicted octanol–water partition coefficient (Wildman–Crippen LogP) is 7.21. The van der Waals surface area contributed by atoms with E-state index in [4.69, 9.17) is 23.8 Å². The van der Waals surface area contributed by atoms with Crippen molar-refractivity contribution in [2.24, 2.45) is 0 Å². The Morgan fingerprint density at radius 2 is 1.58 bits per heavy atom. The van der Waals surface area contributed by atoms with E-state index in [0.717, 1.165) is 23.8 Å². The average Bonchev–Trinajstić information content (AvgIpc) is 3.20. The SMILES string of the molecule is Cc1cc(C)cc(NC(=S)N(Cc2ccccc2)Cc2cccn2Cc2cccc(Cl)c2)c1. The molecule has 0 fully saturated rings. The molecule has 0 bridgehead atoms. The summed E-state index contributed by atoms with van der Waals surface area (Å²) in [4.78, 5) is 2.21. The van der Waals surface area contributed by atoms with Gasteiger partial charge in [-0.1, -0.05) is 60.1 Å². The number of benzene rings is 3. The molecular weight excluding hydrogens is 446 g/mol. The van der Waals surface area contributed by atoms with Crippen molar-refractivity contribution in [3.05, 3.63) is 124 Å². The second-order valence-corrected chi connectivity index (χ2v) is 9.23. The van der Waals surface area contributed by atoms with Crippen LogP contribution in [0.2, 0.25) is 5.02 Å². The van der Waals surface area contributed by atoms with Gasteiger partial charge in [0.1, 0.15) is 0 Å². The van der Waals surface area contributed by atoms with Crippen molar-refractivity contribution >= 4 is 34.6 Å². The van der Waals surface area contributed by atoms with Crippen LogP contribution < -0.4 is 5.32 Å². The van der Waals surface area contributed by atoms with E-state index < -0.39 is 0 Å². The summed E-state index contributed by atoms with van der Waals surface area (Å²) in [7, 11) is 0. The van der Waals surface area contributed by atoms with Gasteiger partial charge in [0, 0.05) is 35.7 Å². The lowest BCUT2D eigenvalue weighted by atomic mass is 10.1. The van der Waals surface area contributed by atoms with E-state index in [1.54, 1.807) is 0 Å². The van der Waals surface area contributed by atoms with Crippen LogP contribution in [-0.2, 0) is 19.6 Å². The summed E-state index contributed by atoms with van der Waals surface area (Å²) >= 11 is 12.1. The fourth-order valence-corrected chi connectivity index (χ4v) is 4.49. The van der Waals surface area contributed by atoms with Crippen LogP contribution in [0.3, 0.4) is 0 Å². The second-order valence-electron chi connectivity index (χ2n) is 8.41. The molecule has 0 radical (unpaired) electrons. The highest BCUT2D eigenvalue weighted by molar-refractivity contribution is 7.80. The zero-order valence-corrected chi connectivity index (χ0v) is 20.5. The van der Waals surface area contributed by atoms with Crippen molar-refractivity contribution < 1.29 is 0 Å². The van der Waals surface area contributed by atoms with Crippen LogP contribution >= 0.6 is 23.8 Å². The molecule has 0 saturated heterocycles. The second kappa shape index (κ2) is 10.7. The standard InChI is InChI=1S/C28H28ClN3S/c1-21-14-22(2)16-26(15-21)30-28(33)32(18-23-8-4-3-5-9-23)20-27-12-7-13-31(27)19-24-10-6-11-25(29)17-24/h3-17H,18-20H2,1-2H3,(H,30,33). The first-order valence-electron chi connectivity index (χ1n) is 11.0. The summed E-state index contributed by atoms with van der Waals surface area (Å²) in [6.45, 7) is 6.38. The van der Waals surface area contributed by atoms with Crippen LogP contribution in [0.5, 0.6) is 0 Å². The summed E-state index contributed by atoms with van der Waals surface area (Å²) < 4.78 is 2.25. The number of aryl methyl sites for hydroxylation is 2. The lowest BCUT2D eigenvalue weighted by molar-refractivity contribution is 0.399. The third-order valence-corrected chi connectivity index (χ3v) is 6.09. The summed E-state index contributed by atoms with van der Waals surface area (Å²) in [6, 6.07) is 29.1. The summed E-state index contributed by atoms with van der Waals surface area (Å²) in [5.41, 5.74) is 7.02. The van der Waals surface area contributed by atoms with Crippen molar-refractivity contribution in [1.82, 2.24) is 9.47 Å². The van der Waals surface area contributed by atoms with Crippen molar-refractivity contribution in [3.63, 3.8) is 0 Å². The number of anilines is 1. The van der Waals surface area contributed by atoms with E-state index in [1.165, 1.54) is 27.9 Å². The Bertz CT molecular complexity index is 1210. The monoisotopic (exact) mass is 473 g/mol. The van der Waals surface area contributed by atoms with E-state index in [2.05, 4.69) is 95.5 Å². The number of rotatable bonds is 7. The normalized spacial score (nSPS) is 10.8. The quantitative estimate of drug-likeness (QED) is 0.286. The minimum absolute atomic E-state index is 0.694. The molecule has 4 aromatic rings. The average molecular weight is 474 g/mol. The fraction of sp³-hybridized carbons (Fsp3) is 0.179. The lowest BCUT2D eigenvalue weighted by Crippen LogP contribution is -2.34. The third kappa shape index (κ3) is 6.47. The summed E-state index contributed by atoms with van der Waals surface area (Å²) in [5, 5.41) is 4.93. The van der Waals surface area contributed by atoms with E-state index in [1.807, 2.05) is 24.3 Å². The van der Waals surface area contributed by atoms with Crippen molar-refractivity contribution in [2.75, 3.05) is 5.32 Å². The maximum absolute atomic E-state index is 6.20. The van der Waals surface area contributed by atoms with Crippen LogP contribution in [0.25, 0.3) is 0 Å². The van der Waals surface area contributed by atoms with Crippen LogP contribution in [0.1, 0.15) is 27.9 Å². The molecule has 0 aliphatic carbocycles. The molecule has 0 atom stereocenters. The van der Waals surface area contributed by atoms with Crippen LogP contribution in [0, 0.1) is 13.8 Å². The van der Waals surface area contributed by atoms with Gasteiger partial charge in [0.05, 0.1) is 6.54 Å². The summed E-state index contributed by atoms with van der Waals surface area (Å²) in [6.07, 6.45) is 2.11. The van der Waals surface area contributed by atoms with Gasteiger partial charge in [-0.3, -0.25) is 0 Å². The van der Waals surface area contributed by atoms with Crippen LogP contribution in [0.4, 0.5) is 5.69 Å². The molecule has 33 heavy (non-hydrogen) atoms. The largest absolute Gasteiger partial charge is 0.345 e. The zero-order valence-electron chi connectivity index (χ0n) is 19.0. The predicted molar refractivity (Wildman–Crippen MR) is 143 cm³/mol. The molecule has 0 aliphatic heterocycles. The van der Waals surface area contributed by atoms with Crippen LogP contribution in [-0.4, -0.2) is 14.6 Å². The van der Waals surface area contributed by atoms with Gasteiger partial charge in [-0.2, -0.15) is 0 Å². The number of hydrogen-bond donors (Lipinski definition) is 1. The fourth-order valence-electron chi connectivity index (χ4n) is 4.03. The lowest BCUT2D eigenvalue weighted by Gasteiger charge is -2.27. The highest BCUT2D eigenvalue weighted by Gasteiger charge is 2.14. The Hall–Kier alpha value is -3.08. The molecular formula is C28H28ClN3S. The topological polar surface area (TPSA) is 20.2 Å². The van der Waals surface area contributed by atoms with Crippen molar-refractivity contribution in [1.29, 1.82) is 0 Å². The number of aromatic nitrogens is 1. The highest BCUT2D eigenvalue weighted by atomic mass is 35.5. The van der Waals surface area contributed by atoms with Gasteiger partial charge in [-0.05, 0) is 84.7 Å². The van der Waals surface area contributed by atoms with Gasteiger partial charge < -0.3 is 14.8 Å². The molecule has 0 aliphatic rings.